The van der Waals surface area contributed by atoms with Crippen molar-refractivity contribution in [3.05, 3.63) is 0 Å². The molecule has 0 heterocycles. The maximum absolute atomic E-state index is 7.79. The van der Waals surface area contributed by atoms with Crippen molar-refractivity contribution in [1.29, 1.82) is 0 Å². The van der Waals surface area contributed by atoms with Gasteiger partial charge in [0, 0.05) is 8.50 Å². The van der Waals surface area contributed by atoms with Gasteiger partial charge < -0.3 is 10.4 Å². The first kappa shape index (κ1) is 4.78. The standard InChI is InChI=1S/H5NOP2/c1-3-4-2/h2-4H,1H2. The highest BCUT2D eigenvalue weighted by Gasteiger charge is 1.55. The van der Waals surface area contributed by atoms with Gasteiger partial charge in [-0.25, -0.2) is 0 Å². The van der Waals surface area contributed by atoms with Gasteiger partial charge >= 0.3 is 0 Å². The highest BCUT2D eigenvalue weighted by Crippen LogP contribution is 2.22. The minimum atomic E-state index is -0.0540. The highest BCUT2D eigenvalue weighted by atomic mass is 32.0. The van der Waals surface area contributed by atoms with Crippen LogP contribution in [0.25, 0.3) is 0 Å². The lowest BCUT2D eigenvalue weighted by Crippen LogP contribution is -1.57. The van der Waals surface area contributed by atoms with E-state index >= 15 is 0 Å². The molecule has 0 rings (SSSR count). The van der Waals surface area contributed by atoms with Gasteiger partial charge in [-0.15, -0.1) is 0 Å². The first-order chi connectivity index (χ1) is 1.91. The van der Waals surface area contributed by atoms with Gasteiger partial charge in [-0.05, 0) is 8.42 Å². The van der Waals surface area contributed by atoms with Crippen molar-refractivity contribution >= 4 is 16.9 Å². The van der Waals surface area contributed by atoms with Crippen LogP contribution in [-0.2, 0) is 0 Å². The first-order valence-corrected chi connectivity index (χ1v) is 3.79. The number of nitrogens with two attached hydrogens (primary N) is 1. The Hall–Kier alpha value is 0.780. The zero-order valence-electron chi connectivity index (χ0n) is 2.02. The van der Waals surface area contributed by atoms with Crippen molar-refractivity contribution < 1.29 is 4.89 Å². The van der Waals surface area contributed by atoms with E-state index in [-0.39, 0.29) is 16.9 Å². The molecule has 0 aliphatic carbocycles. The van der Waals surface area contributed by atoms with Crippen LogP contribution in [0.2, 0.25) is 0 Å². The van der Waals surface area contributed by atoms with Crippen molar-refractivity contribution in [3.8, 4) is 0 Å². The van der Waals surface area contributed by atoms with E-state index in [2.05, 4.69) is 0 Å². The normalized spacial score (nSPS) is 13.5. The van der Waals surface area contributed by atoms with E-state index in [4.69, 9.17) is 10.4 Å². The second-order valence-corrected chi connectivity index (χ2v) is 2.31. The predicted octanol–water partition coefficient (Wildman–Crippen LogP) is 0.0394. The lowest BCUT2D eigenvalue weighted by atomic mass is 13.9. The van der Waals surface area contributed by atoms with Gasteiger partial charge in [0.1, 0.15) is 0 Å². The number of rotatable bonds is 1. The van der Waals surface area contributed by atoms with Crippen LogP contribution in [0.15, 0.2) is 0 Å². The Morgan fingerprint density at radius 2 is 2.00 bits per heavy atom. The topological polar surface area (TPSA) is 46.2 Å². The smallest absolute Gasteiger partial charge is 0.0468 e. The Morgan fingerprint density at radius 1 is 1.75 bits per heavy atom. The average molecular weight is 97.0 g/mol. The molecule has 0 aromatic heterocycles. The summed E-state index contributed by atoms with van der Waals surface area (Å²) in [5.41, 5.74) is 4.82. The number of hydrogen-bond acceptors (Lipinski definition) is 2. The molecule has 4 heavy (non-hydrogen) atoms. The Labute approximate surface area is 28.4 Å². The molecule has 0 bridgehead atoms. The molecule has 0 amide bonds. The minimum Gasteiger partial charge on any atom is -0.371 e. The van der Waals surface area contributed by atoms with Gasteiger partial charge in [0.25, 0.3) is 0 Å². The van der Waals surface area contributed by atoms with Crippen LogP contribution in [-0.4, -0.2) is 4.89 Å². The van der Waals surface area contributed by atoms with Crippen molar-refractivity contribution in [2.45, 2.75) is 0 Å². The summed E-state index contributed by atoms with van der Waals surface area (Å²) in [5.74, 6) is 0. The van der Waals surface area contributed by atoms with Crippen LogP contribution in [0.3, 0.4) is 0 Å². The molecule has 2 nitrogen and oxygen atoms in total. The van der Waals surface area contributed by atoms with Gasteiger partial charge in [0.2, 0.25) is 0 Å². The molecule has 0 saturated carbocycles. The molecule has 0 saturated heterocycles. The fourth-order valence-electron chi connectivity index (χ4n) is 0. The van der Waals surface area contributed by atoms with E-state index in [1.54, 1.807) is 0 Å². The first-order valence-electron chi connectivity index (χ1n) is 0.762. The zero-order chi connectivity index (χ0) is 3.41. The Balaban J connectivity index is 1.97. The van der Waals surface area contributed by atoms with E-state index in [0.717, 1.165) is 0 Å². The van der Waals surface area contributed by atoms with Crippen molar-refractivity contribution in [2.75, 3.05) is 0 Å². The largest absolute Gasteiger partial charge is 0.371 e. The fourth-order valence-corrected chi connectivity index (χ4v) is 0. The molecule has 2 unspecified atom stereocenters. The second-order valence-electron chi connectivity index (χ2n) is 0.256. The maximum atomic E-state index is 7.79. The summed E-state index contributed by atoms with van der Waals surface area (Å²) in [5, 5.41) is 0. The molecule has 0 aliphatic heterocycles. The molecule has 4 heteroatoms. The van der Waals surface area contributed by atoms with Gasteiger partial charge in [0.05, 0.1) is 0 Å². The van der Waals surface area contributed by atoms with E-state index < -0.39 is 0 Å². The minimum absolute atomic E-state index is 0.0540. The van der Waals surface area contributed by atoms with Crippen LogP contribution in [0.1, 0.15) is 0 Å². The maximum Gasteiger partial charge on any atom is 0.0468 e. The third kappa shape index (κ3) is 2.78. The Kier molecular flexibility index (Phi) is 4.52. The molecule has 3 N–H and O–H groups in total. The molecule has 0 aromatic carbocycles. The van der Waals surface area contributed by atoms with Gasteiger partial charge in [-0.3, -0.25) is 0 Å². The summed E-state index contributed by atoms with van der Waals surface area (Å²) >= 11 is 0. The highest BCUT2D eigenvalue weighted by molar-refractivity contribution is 8.08. The molecule has 26 valence electrons. The van der Waals surface area contributed by atoms with Crippen LogP contribution in [0, 0.1) is 0 Å². The van der Waals surface area contributed by atoms with E-state index in [0.29, 0.717) is 0 Å². The summed E-state index contributed by atoms with van der Waals surface area (Å²) in [7, 11) is 0.170. The summed E-state index contributed by atoms with van der Waals surface area (Å²) in [6, 6.07) is 0. The fraction of sp³-hybridized carbons (Fsp3) is 0. The third-order valence-corrected chi connectivity index (χ3v) is 0.581. The van der Waals surface area contributed by atoms with Gasteiger partial charge in [-0.2, -0.15) is 0 Å². The average Bonchev–Trinajstić information content (AvgIpc) is 1.37. The molecule has 0 aromatic rings. The van der Waals surface area contributed by atoms with Crippen molar-refractivity contribution in [3.63, 3.8) is 0 Å². The molecule has 0 spiro atoms. The predicted molar refractivity (Wildman–Crippen MR) is 23.0 cm³/mol. The lowest BCUT2D eigenvalue weighted by Gasteiger charge is -1.71. The molecule has 0 fully saturated rings. The van der Waals surface area contributed by atoms with Crippen LogP contribution >= 0.6 is 16.9 Å². The quantitative estimate of drug-likeness (QED) is 0.453. The number of hydrogen-bond donors (Lipinski definition) is 2. The monoisotopic (exact) mass is 97.0 g/mol. The summed E-state index contributed by atoms with van der Waals surface area (Å²) in [4.78, 5) is 7.79. The lowest BCUT2D eigenvalue weighted by molar-refractivity contribution is 0.659. The van der Waals surface area contributed by atoms with E-state index in [9.17, 15) is 0 Å². The van der Waals surface area contributed by atoms with Crippen molar-refractivity contribution in [2.24, 2.45) is 5.50 Å². The second kappa shape index (κ2) is 3.78. The summed E-state index contributed by atoms with van der Waals surface area (Å²) in [6.45, 7) is 0. The molecule has 0 aliphatic rings. The van der Waals surface area contributed by atoms with Crippen LogP contribution < -0.4 is 5.50 Å². The molecular weight excluding hydrogens is 92.0 g/mol. The van der Waals surface area contributed by atoms with Gasteiger partial charge in [0.15, 0.2) is 0 Å². The molecule has 2 atom stereocenters. The summed E-state index contributed by atoms with van der Waals surface area (Å²) < 4.78 is 0. The van der Waals surface area contributed by atoms with Gasteiger partial charge in [-0.1, -0.05) is 0 Å². The van der Waals surface area contributed by atoms with E-state index in [1.165, 1.54) is 0 Å². The third-order valence-electron chi connectivity index (χ3n) is 0.0645. The summed E-state index contributed by atoms with van der Waals surface area (Å²) in [6.07, 6.45) is 0. The Bertz CT molecular complexity index is 8.00. The van der Waals surface area contributed by atoms with Crippen LogP contribution in [0.5, 0.6) is 0 Å². The Morgan fingerprint density at radius 3 is 2.00 bits per heavy atom. The van der Waals surface area contributed by atoms with Crippen LogP contribution in [0.4, 0.5) is 0 Å². The zero-order valence-corrected chi connectivity index (χ0v) is 4.02. The molecular formula is H5NOP2. The SMILES string of the molecule is NPPO. The molecule has 0 radical (unpaired) electrons. The van der Waals surface area contributed by atoms with E-state index in [1.807, 2.05) is 0 Å². The van der Waals surface area contributed by atoms with Crippen molar-refractivity contribution in [1.82, 2.24) is 0 Å².